The standard InChI is InChI=1S/C24H19N3O5S/c1-15-20(23(29)32-2)21(17-8-4-3-5-9-17)26-22(28)19(33-24(26)25-15)10-6-7-16-11-13-18(14-12-16)27(30)31/h3-14,21H,1-2H3/b7-6+,19-10+. The lowest BCUT2D eigenvalue weighted by Gasteiger charge is -2.24. The monoisotopic (exact) mass is 461 g/mol. The summed E-state index contributed by atoms with van der Waals surface area (Å²) in [5, 5.41) is 10.8. The van der Waals surface area contributed by atoms with Gasteiger partial charge in [-0.25, -0.2) is 9.79 Å². The SMILES string of the molecule is COC(=O)C1=C(C)N=c2s/c(=C/C=C/c3ccc([N+](=O)[O-])cc3)c(=O)n2C1c1ccccc1. The van der Waals surface area contributed by atoms with Crippen molar-refractivity contribution >= 4 is 35.1 Å². The van der Waals surface area contributed by atoms with Crippen LogP contribution in [-0.2, 0) is 9.53 Å². The number of aromatic nitrogens is 1. The van der Waals surface area contributed by atoms with Crippen LogP contribution in [0.5, 0.6) is 0 Å². The number of ether oxygens (including phenoxy) is 1. The highest BCUT2D eigenvalue weighted by Crippen LogP contribution is 2.30. The number of carbonyl (C=O) groups excluding carboxylic acids is 1. The van der Waals surface area contributed by atoms with Crippen LogP contribution in [-0.4, -0.2) is 22.6 Å². The van der Waals surface area contributed by atoms with Crippen LogP contribution in [0.4, 0.5) is 5.69 Å². The Hall–Kier alpha value is -4.11. The van der Waals surface area contributed by atoms with E-state index in [4.69, 9.17) is 4.74 Å². The van der Waals surface area contributed by atoms with Crippen molar-refractivity contribution in [2.45, 2.75) is 13.0 Å². The lowest BCUT2D eigenvalue weighted by atomic mass is 9.96. The number of hydrogen-bond acceptors (Lipinski definition) is 7. The van der Waals surface area contributed by atoms with E-state index in [0.29, 0.717) is 20.6 Å². The molecule has 1 atom stereocenters. The fourth-order valence-corrected chi connectivity index (χ4v) is 4.61. The molecule has 0 spiro atoms. The highest BCUT2D eigenvalue weighted by Gasteiger charge is 2.32. The second kappa shape index (κ2) is 9.17. The minimum Gasteiger partial charge on any atom is -0.466 e. The van der Waals surface area contributed by atoms with Gasteiger partial charge < -0.3 is 4.74 Å². The van der Waals surface area contributed by atoms with Gasteiger partial charge in [0.05, 0.1) is 33.9 Å². The summed E-state index contributed by atoms with van der Waals surface area (Å²) in [7, 11) is 1.30. The van der Waals surface area contributed by atoms with E-state index in [-0.39, 0.29) is 11.2 Å². The Kier molecular flexibility index (Phi) is 6.14. The first-order chi connectivity index (χ1) is 15.9. The van der Waals surface area contributed by atoms with E-state index in [1.807, 2.05) is 30.3 Å². The molecular weight excluding hydrogens is 442 g/mol. The quantitative estimate of drug-likeness (QED) is 0.330. The van der Waals surface area contributed by atoms with E-state index in [1.54, 1.807) is 37.3 Å². The first kappa shape index (κ1) is 22.1. The van der Waals surface area contributed by atoms with E-state index in [9.17, 15) is 19.7 Å². The summed E-state index contributed by atoms with van der Waals surface area (Å²) in [6.45, 7) is 1.73. The van der Waals surface area contributed by atoms with Crippen molar-refractivity contribution in [2.75, 3.05) is 7.11 Å². The van der Waals surface area contributed by atoms with Crippen LogP contribution in [0.15, 0.2) is 81.7 Å². The molecule has 1 aliphatic rings. The van der Waals surface area contributed by atoms with Gasteiger partial charge in [0.25, 0.3) is 11.2 Å². The average Bonchev–Trinajstić information content (AvgIpc) is 3.13. The zero-order valence-electron chi connectivity index (χ0n) is 17.8. The van der Waals surface area contributed by atoms with Crippen LogP contribution >= 0.6 is 11.3 Å². The van der Waals surface area contributed by atoms with Crippen LogP contribution in [0, 0.1) is 10.1 Å². The van der Waals surface area contributed by atoms with Gasteiger partial charge in [-0.15, -0.1) is 0 Å². The number of carbonyl (C=O) groups is 1. The fourth-order valence-electron chi connectivity index (χ4n) is 3.61. The summed E-state index contributed by atoms with van der Waals surface area (Å²) >= 11 is 1.23. The molecule has 0 bridgehead atoms. The smallest absolute Gasteiger partial charge is 0.338 e. The molecular formula is C24H19N3O5S. The maximum absolute atomic E-state index is 13.3. The molecule has 0 fully saturated rings. The molecule has 1 aromatic heterocycles. The van der Waals surface area contributed by atoms with Gasteiger partial charge in [0, 0.05) is 12.1 Å². The Morgan fingerprint density at radius 1 is 1.18 bits per heavy atom. The zero-order chi connectivity index (χ0) is 23.5. The number of hydrogen-bond donors (Lipinski definition) is 0. The van der Waals surface area contributed by atoms with Gasteiger partial charge in [-0.05, 0) is 36.3 Å². The number of rotatable bonds is 5. The molecule has 1 unspecified atom stereocenters. The van der Waals surface area contributed by atoms with Gasteiger partial charge in [0.2, 0.25) is 0 Å². The highest BCUT2D eigenvalue weighted by atomic mass is 32.1. The molecule has 1 aliphatic heterocycles. The fraction of sp³-hybridized carbons (Fsp3) is 0.125. The summed E-state index contributed by atoms with van der Waals surface area (Å²) in [6.07, 6.45) is 5.13. The van der Waals surface area contributed by atoms with Gasteiger partial charge >= 0.3 is 5.97 Å². The van der Waals surface area contributed by atoms with E-state index >= 15 is 0 Å². The lowest BCUT2D eigenvalue weighted by Crippen LogP contribution is -2.39. The van der Waals surface area contributed by atoms with Gasteiger partial charge in [-0.1, -0.05) is 53.8 Å². The van der Waals surface area contributed by atoms with Gasteiger partial charge in [-0.2, -0.15) is 0 Å². The third-order valence-corrected chi connectivity index (χ3v) is 6.18. The van der Waals surface area contributed by atoms with Crippen LogP contribution in [0.3, 0.4) is 0 Å². The lowest BCUT2D eigenvalue weighted by molar-refractivity contribution is -0.384. The summed E-state index contributed by atoms with van der Waals surface area (Å²) in [6, 6.07) is 14.7. The maximum atomic E-state index is 13.3. The summed E-state index contributed by atoms with van der Waals surface area (Å²) in [5.41, 5.74) is 2.11. The highest BCUT2D eigenvalue weighted by molar-refractivity contribution is 7.07. The normalized spacial score (nSPS) is 15.9. The number of thiazole rings is 1. The Balaban J connectivity index is 1.78. The van der Waals surface area contributed by atoms with Crippen molar-refractivity contribution in [1.29, 1.82) is 0 Å². The van der Waals surface area contributed by atoms with E-state index in [0.717, 1.165) is 11.1 Å². The molecule has 0 saturated carbocycles. The zero-order valence-corrected chi connectivity index (χ0v) is 18.6. The van der Waals surface area contributed by atoms with Crippen molar-refractivity contribution in [3.63, 3.8) is 0 Å². The molecule has 4 rings (SSSR count). The minimum atomic E-state index is -0.643. The van der Waals surface area contributed by atoms with Crippen molar-refractivity contribution in [3.8, 4) is 0 Å². The molecule has 33 heavy (non-hydrogen) atoms. The van der Waals surface area contributed by atoms with Gasteiger partial charge in [0.15, 0.2) is 4.80 Å². The summed E-state index contributed by atoms with van der Waals surface area (Å²) in [4.78, 5) is 41.2. The molecule has 0 amide bonds. The molecule has 9 heteroatoms. The number of benzene rings is 2. The van der Waals surface area contributed by atoms with E-state index in [2.05, 4.69) is 4.99 Å². The molecule has 8 nitrogen and oxygen atoms in total. The molecule has 166 valence electrons. The molecule has 0 aliphatic carbocycles. The van der Waals surface area contributed by atoms with Crippen LogP contribution in [0.1, 0.15) is 24.1 Å². The van der Waals surface area contributed by atoms with E-state index in [1.165, 1.54) is 35.1 Å². The summed E-state index contributed by atoms with van der Waals surface area (Å²) in [5.74, 6) is -0.530. The van der Waals surface area contributed by atoms with E-state index < -0.39 is 16.9 Å². The molecule has 3 aromatic rings. The molecule has 2 heterocycles. The number of methoxy groups -OCH3 is 1. The predicted octanol–water partition coefficient (Wildman–Crippen LogP) is 2.98. The van der Waals surface area contributed by atoms with Crippen LogP contribution in [0.2, 0.25) is 0 Å². The predicted molar refractivity (Wildman–Crippen MR) is 125 cm³/mol. The average molecular weight is 461 g/mol. The Labute approximate surface area is 192 Å². The Morgan fingerprint density at radius 2 is 1.88 bits per heavy atom. The maximum Gasteiger partial charge on any atom is 0.338 e. The second-order valence-corrected chi connectivity index (χ2v) is 8.22. The first-order valence-electron chi connectivity index (χ1n) is 9.97. The van der Waals surface area contributed by atoms with Crippen LogP contribution < -0.4 is 14.9 Å². The number of nitro groups is 1. The molecule has 0 saturated heterocycles. The summed E-state index contributed by atoms with van der Waals surface area (Å²) < 4.78 is 6.95. The topological polar surface area (TPSA) is 104 Å². The van der Waals surface area contributed by atoms with Gasteiger partial charge in [-0.3, -0.25) is 19.5 Å². The van der Waals surface area contributed by atoms with Crippen molar-refractivity contribution in [1.82, 2.24) is 4.57 Å². The third-order valence-electron chi connectivity index (χ3n) is 5.18. The molecule has 0 radical (unpaired) electrons. The van der Waals surface area contributed by atoms with Gasteiger partial charge in [0.1, 0.15) is 0 Å². The second-order valence-electron chi connectivity index (χ2n) is 7.21. The number of esters is 1. The van der Waals surface area contributed by atoms with Crippen molar-refractivity contribution in [2.24, 2.45) is 4.99 Å². The Bertz CT molecular complexity index is 1460. The molecule has 2 aromatic carbocycles. The number of nitro benzene ring substituents is 1. The van der Waals surface area contributed by atoms with Crippen molar-refractivity contribution in [3.05, 3.63) is 113 Å². The first-order valence-corrected chi connectivity index (χ1v) is 10.8. The van der Waals surface area contributed by atoms with Crippen molar-refractivity contribution < 1.29 is 14.5 Å². The number of nitrogens with zero attached hydrogens (tertiary/aromatic N) is 3. The number of allylic oxidation sites excluding steroid dienone is 2. The number of non-ortho nitro benzene ring substituents is 1. The third kappa shape index (κ3) is 4.31. The Morgan fingerprint density at radius 3 is 2.52 bits per heavy atom. The number of fused-ring (bicyclic) bond motifs is 1. The largest absolute Gasteiger partial charge is 0.466 e. The molecule has 0 N–H and O–H groups in total. The minimum absolute atomic E-state index is 0.0122. The van der Waals surface area contributed by atoms with Crippen LogP contribution in [0.25, 0.3) is 12.2 Å².